The predicted octanol–water partition coefficient (Wildman–Crippen LogP) is 6.06. The highest BCUT2D eigenvalue weighted by Crippen LogP contribution is 2.39. The molecule has 0 aromatic carbocycles. The van der Waals surface area contributed by atoms with Crippen LogP contribution in [0.3, 0.4) is 0 Å². The average molecular weight is 353 g/mol. The molecule has 0 radical (unpaired) electrons. The molecule has 25 heavy (non-hydrogen) atoms. The van der Waals surface area contributed by atoms with Gasteiger partial charge in [-0.2, -0.15) is 0 Å². The zero-order chi connectivity index (χ0) is 18.7. The van der Waals surface area contributed by atoms with Crippen molar-refractivity contribution in [1.29, 1.82) is 0 Å². The van der Waals surface area contributed by atoms with Crippen LogP contribution in [0.25, 0.3) is 0 Å². The summed E-state index contributed by atoms with van der Waals surface area (Å²) in [4.78, 5) is 5.51. The Bertz CT molecular complexity index is 310. The van der Waals surface area contributed by atoms with Gasteiger partial charge in [0.1, 0.15) is 0 Å². The Hall–Kier alpha value is -0.0800. The molecule has 0 aromatic rings. The van der Waals surface area contributed by atoms with E-state index in [4.69, 9.17) is 0 Å². The normalized spacial score (nSPS) is 24.2. The van der Waals surface area contributed by atoms with Crippen molar-refractivity contribution in [3.63, 3.8) is 0 Å². The Balaban J connectivity index is 0.000000730. The van der Waals surface area contributed by atoms with E-state index in [1.807, 2.05) is 27.7 Å². The van der Waals surface area contributed by atoms with E-state index < -0.39 is 0 Å². The minimum absolute atomic E-state index is 0.694. The first-order valence-corrected chi connectivity index (χ1v) is 11.7. The van der Waals surface area contributed by atoms with Crippen molar-refractivity contribution in [1.82, 2.24) is 9.80 Å². The van der Waals surface area contributed by atoms with Crippen LogP contribution in [-0.4, -0.2) is 49.1 Å². The zero-order valence-corrected chi connectivity index (χ0v) is 18.4. The molecular formula is C23H48N2. The Morgan fingerprint density at radius 3 is 1.72 bits per heavy atom. The molecule has 150 valence electrons. The number of nitrogens with zero attached hydrogens (tertiary/aromatic N) is 2. The molecule has 2 nitrogen and oxygen atoms in total. The highest BCUT2D eigenvalue weighted by atomic mass is 15.2. The molecule has 3 fully saturated rings. The van der Waals surface area contributed by atoms with E-state index in [1.165, 1.54) is 90.6 Å². The molecule has 0 unspecified atom stereocenters. The van der Waals surface area contributed by atoms with Crippen molar-refractivity contribution < 1.29 is 0 Å². The van der Waals surface area contributed by atoms with E-state index in [0.717, 1.165) is 11.8 Å². The summed E-state index contributed by atoms with van der Waals surface area (Å²) in [6, 6.07) is 0. The second-order valence-corrected chi connectivity index (χ2v) is 8.31. The molecule has 2 heterocycles. The van der Waals surface area contributed by atoms with E-state index in [9.17, 15) is 0 Å². The quantitative estimate of drug-likeness (QED) is 0.549. The van der Waals surface area contributed by atoms with Gasteiger partial charge in [0.2, 0.25) is 0 Å². The molecule has 0 atom stereocenters. The zero-order valence-electron chi connectivity index (χ0n) is 18.4. The summed E-state index contributed by atoms with van der Waals surface area (Å²) in [6.07, 6.45) is 11.6. The number of hydrogen-bond acceptors (Lipinski definition) is 2. The summed E-state index contributed by atoms with van der Waals surface area (Å²) in [6.45, 7) is 21.1. The fraction of sp³-hybridized carbons (Fsp3) is 1.00. The summed E-state index contributed by atoms with van der Waals surface area (Å²) in [5.74, 6) is 2.04. The fourth-order valence-corrected chi connectivity index (χ4v) is 4.88. The fourth-order valence-electron chi connectivity index (χ4n) is 4.88. The lowest BCUT2D eigenvalue weighted by atomic mass is 9.73. The van der Waals surface area contributed by atoms with Gasteiger partial charge in [0.05, 0.1) is 0 Å². The van der Waals surface area contributed by atoms with E-state index in [1.54, 1.807) is 0 Å². The van der Waals surface area contributed by atoms with Gasteiger partial charge < -0.3 is 9.80 Å². The molecule has 2 saturated heterocycles. The van der Waals surface area contributed by atoms with Crippen molar-refractivity contribution in [2.45, 2.75) is 92.9 Å². The summed E-state index contributed by atoms with van der Waals surface area (Å²) in [7, 11) is 0. The lowest BCUT2D eigenvalue weighted by molar-refractivity contribution is -0.0266. The van der Waals surface area contributed by atoms with Crippen molar-refractivity contribution in [2.24, 2.45) is 17.3 Å². The second-order valence-electron chi connectivity index (χ2n) is 8.31. The van der Waals surface area contributed by atoms with Gasteiger partial charge in [0.15, 0.2) is 0 Å². The summed E-state index contributed by atoms with van der Waals surface area (Å²) in [5.41, 5.74) is 0.694. The molecule has 0 spiro atoms. The first-order chi connectivity index (χ1) is 12.2. The maximum Gasteiger partial charge on any atom is 0.00505 e. The van der Waals surface area contributed by atoms with Crippen LogP contribution in [0.1, 0.15) is 92.9 Å². The van der Waals surface area contributed by atoms with Crippen molar-refractivity contribution in [3.05, 3.63) is 0 Å². The van der Waals surface area contributed by atoms with Crippen LogP contribution in [0, 0.1) is 17.3 Å². The monoisotopic (exact) mass is 352 g/mol. The Kier molecular flexibility index (Phi) is 11.3. The standard InChI is InChI=1S/C19H36N2.2C2H6/c1-3-10-19(4-2)15-21(16-19)14-18-8-11-20(12-9-18)13-17-6-5-7-17;2*1-2/h17-18H,3-16H2,1-2H3;2*1-2H3. The van der Waals surface area contributed by atoms with Crippen LogP contribution < -0.4 is 0 Å². The van der Waals surface area contributed by atoms with E-state index in [0.29, 0.717) is 5.41 Å². The number of likely N-dealkylation sites (tertiary alicyclic amines) is 2. The molecule has 1 saturated carbocycles. The van der Waals surface area contributed by atoms with Crippen LogP contribution in [-0.2, 0) is 0 Å². The van der Waals surface area contributed by atoms with Crippen molar-refractivity contribution >= 4 is 0 Å². The van der Waals surface area contributed by atoms with E-state index >= 15 is 0 Å². The van der Waals surface area contributed by atoms with E-state index in [2.05, 4.69) is 23.6 Å². The third-order valence-electron chi connectivity index (χ3n) is 6.61. The van der Waals surface area contributed by atoms with Gasteiger partial charge in [0.25, 0.3) is 0 Å². The molecule has 0 amide bonds. The third-order valence-corrected chi connectivity index (χ3v) is 6.61. The molecule has 2 heteroatoms. The largest absolute Gasteiger partial charge is 0.303 e. The second kappa shape index (κ2) is 12.3. The molecule has 2 aliphatic heterocycles. The lowest BCUT2D eigenvalue weighted by Gasteiger charge is -2.52. The van der Waals surface area contributed by atoms with Gasteiger partial charge in [-0.15, -0.1) is 0 Å². The highest BCUT2D eigenvalue weighted by Gasteiger charge is 2.41. The Morgan fingerprint density at radius 1 is 0.760 bits per heavy atom. The van der Waals surface area contributed by atoms with Crippen LogP contribution in [0.5, 0.6) is 0 Å². The van der Waals surface area contributed by atoms with Gasteiger partial charge in [-0.05, 0) is 68.9 Å². The summed E-state index contributed by atoms with van der Waals surface area (Å²) in [5, 5.41) is 0. The minimum Gasteiger partial charge on any atom is -0.303 e. The van der Waals surface area contributed by atoms with Crippen LogP contribution >= 0.6 is 0 Å². The van der Waals surface area contributed by atoms with Gasteiger partial charge in [-0.1, -0.05) is 54.4 Å². The predicted molar refractivity (Wildman–Crippen MR) is 113 cm³/mol. The molecule has 0 bridgehead atoms. The van der Waals surface area contributed by atoms with E-state index in [-0.39, 0.29) is 0 Å². The van der Waals surface area contributed by atoms with Crippen molar-refractivity contribution in [3.8, 4) is 0 Å². The Labute approximate surface area is 159 Å². The molecule has 0 aromatic heterocycles. The molecular weight excluding hydrogens is 304 g/mol. The van der Waals surface area contributed by atoms with Crippen LogP contribution in [0.15, 0.2) is 0 Å². The summed E-state index contributed by atoms with van der Waals surface area (Å²) < 4.78 is 0. The highest BCUT2D eigenvalue weighted by molar-refractivity contribution is 4.94. The van der Waals surface area contributed by atoms with Crippen LogP contribution in [0.4, 0.5) is 0 Å². The topological polar surface area (TPSA) is 6.48 Å². The first kappa shape index (κ1) is 23.0. The number of hydrogen-bond donors (Lipinski definition) is 0. The number of piperidine rings is 1. The summed E-state index contributed by atoms with van der Waals surface area (Å²) >= 11 is 0. The Morgan fingerprint density at radius 2 is 1.28 bits per heavy atom. The van der Waals surface area contributed by atoms with Crippen LogP contribution in [0.2, 0.25) is 0 Å². The molecule has 1 aliphatic carbocycles. The third kappa shape index (κ3) is 6.86. The maximum absolute atomic E-state index is 2.76. The van der Waals surface area contributed by atoms with Gasteiger partial charge in [0, 0.05) is 26.2 Å². The van der Waals surface area contributed by atoms with Gasteiger partial charge in [-0.3, -0.25) is 0 Å². The maximum atomic E-state index is 2.76. The van der Waals surface area contributed by atoms with Gasteiger partial charge in [-0.25, -0.2) is 0 Å². The molecule has 0 N–H and O–H groups in total. The number of rotatable bonds is 7. The average Bonchev–Trinajstić information content (AvgIpc) is 2.61. The lowest BCUT2D eigenvalue weighted by Crippen LogP contribution is -2.57. The molecule has 3 rings (SSSR count). The van der Waals surface area contributed by atoms with Crippen molar-refractivity contribution in [2.75, 3.05) is 39.3 Å². The smallest absolute Gasteiger partial charge is 0.00505 e. The SMILES string of the molecule is CC.CC.CCCC1(CC)CN(CC2CCN(CC3CCC3)CC2)C1. The first-order valence-electron chi connectivity index (χ1n) is 11.7. The molecule has 3 aliphatic rings. The van der Waals surface area contributed by atoms with Gasteiger partial charge >= 0.3 is 0 Å². The minimum atomic E-state index is 0.694.